The van der Waals surface area contributed by atoms with Gasteiger partial charge in [-0.2, -0.15) is 0 Å². The maximum absolute atomic E-state index is 5.95. The zero-order valence-electron chi connectivity index (χ0n) is 11.9. The number of hydrogen-bond donors (Lipinski definition) is 2. The van der Waals surface area contributed by atoms with Crippen molar-refractivity contribution in [1.82, 2.24) is 0 Å². The summed E-state index contributed by atoms with van der Waals surface area (Å²) in [5.41, 5.74) is 8.68. The second-order valence-electron chi connectivity index (χ2n) is 5.97. The van der Waals surface area contributed by atoms with E-state index in [0.29, 0.717) is 10.4 Å². The quantitative estimate of drug-likeness (QED) is 0.589. The van der Waals surface area contributed by atoms with Gasteiger partial charge in [0.1, 0.15) is 4.99 Å². The standard InChI is InChI=1S/C16H22N2S2/c1-2-20-13-5-3-4-12(14(13)15(17)19)18-10-16(8-9-16)11-6-7-11/h3-5,11,18H,2,6-10H2,1H3,(H2,17,19). The van der Waals surface area contributed by atoms with Crippen LogP contribution in [0.2, 0.25) is 0 Å². The van der Waals surface area contributed by atoms with Crippen molar-refractivity contribution < 1.29 is 0 Å². The number of rotatable bonds is 7. The molecule has 3 rings (SSSR count). The van der Waals surface area contributed by atoms with E-state index in [0.717, 1.165) is 29.5 Å². The van der Waals surface area contributed by atoms with E-state index in [9.17, 15) is 0 Å². The van der Waals surface area contributed by atoms with Crippen molar-refractivity contribution in [3.05, 3.63) is 23.8 Å². The minimum absolute atomic E-state index is 0.500. The zero-order valence-corrected chi connectivity index (χ0v) is 13.6. The normalized spacial score (nSPS) is 19.6. The van der Waals surface area contributed by atoms with Crippen LogP contribution < -0.4 is 11.1 Å². The molecule has 0 unspecified atom stereocenters. The van der Waals surface area contributed by atoms with Gasteiger partial charge in [-0.05, 0) is 54.9 Å². The highest BCUT2D eigenvalue weighted by Crippen LogP contribution is 2.61. The summed E-state index contributed by atoms with van der Waals surface area (Å²) in [6, 6.07) is 6.32. The topological polar surface area (TPSA) is 38.0 Å². The van der Waals surface area contributed by atoms with Crippen molar-refractivity contribution in [2.75, 3.05) is 17.6 Å². The van der Waals surface area contributed by atoms with Crippen molar-refractivity contribution >= 4 is 34.7 Å². The van der Waals surface area contributed by atoms with Crippen molar-refractivity contribution in [1.29, 1.82) is 0 Å². The Kier molecular flexibility index (Phi) is 3.95. The third-order valence-corrected chi connectivity index (χ3v) is 5.68. The molecule has 0 amide bonds. The van der Waals surface area contributed by atoms with E-state index in [-0.39, 0.29) is 0 Å². The van der Waals surface area contributed by atoms with Gasteiger partial charge in [0.2, 0.25) is 0 Å². The summed E-state index contributed by atoms with van der Waals surface area (Å²) >= 11 is 7.07. The summed E-state index contributed by atoms with van der Waals surface area (Å²) in [5.74, 6) is 2.00. The highest BCUT2D eigenvalue weighted by Gasteiger charge is 2.53. The van der Waals surface area contributed by atoms with E-state index in [1.165, 1.54) is 30.6 Å². The van der Waals surface area contributed by atoms with Crippen molar-refractivity contribution in [3.8, 4) is 0 Å². The number of benzene rings is 1. The third kappa shape index (κ3) is 2.82. The monoisotopic (exact) mass is 306 g/mol. The van der Waals surface area contributed by atoms with Crippen molar-refractivity contribution in [3.63, 3.8) is 0 Å². The first-order valence-corrected chi connectivity index (χ1v) is 8.85. The second kappa shape index (κ2) is 5.57. The van der Waals surface area contributed by atoms with Gasteiger partial charge < -0.3 is 11.1 Å². The summed E-state index contributed by atoms with van der Waals surface area (Å²) < 4.78 is 0. The fraction of sp³-hybridized carbons (Fsp3) is 0.562. The molecule has 3 N–H and O–H groups in total. The average Bonchev–Trinajstić information content (AvgIpc) is 3.27. The maximum Gasteiger partial charge on any atom is 0.107 e. The van der Waals surface area contributed by atoms with E-state index in [4.69, 9.17) is 18.0 Å². The smallest absolute Gasteiger partial charge is 0.107 e. The van der Waals surface area contributed by atoms with E-state index < -0.39 is 0 Å². The van der Waals surface area contributed by atoms with Crippen LogP contribution in [0.15, 0.2) is 23.1 Å². The van der Waals surface area contributed by atoms with Gasteiger partial charge in [-0.25, -0.2) is 0 Å². The predicted octanol–water partition coefficient (Wildman–Crippen LogP) is 4.03. The molecule has 2 nitrogen and oxygen atoms in total. The highest BCUT2D eigenvalue weighted by molar-refractivity contribution is 7.99. The molecule has 1 aromatic rings. The summed E-state index contributed by atoms with van der Waals surface area (Å²) in [6.45, 7) is 3.23. The molecule has 2 aliphatic carbocycles. The second-order valence-corrected chi connectivity index (χ2v) is 7.71. The van der Waals surface area contributed by atoms with Crippen LogP contribution in [-0.4, -0.2) is 17.3 Å². The number of anilines is 1. The summed E-state index contributed by atoms with van der Waals surface area (Å²) in [4.78, 5) is 1.70. The van der Waals surface area contributed by atoms with Crippen LogP contribution in [0.3, 0.4) is 0 Å². The van der Waals surface area contributed by atoms with Crippen LogP contribution in [0.25, 0.3) is 0 Å². The van der Waals surface area contributed by atoms with Gasteiger partial charge in [-0.3, -0.25) is 0 Å². The van der Waals surface area contributed by atoms with Crippen LogP contribution >= 0.6 is 24.0 Å². The molecule has 0 radical (unpaired) electrons. The molecule has 0 heterocycles. The highest BCUT2D eigenvalue weighted by atomic mass is 32.2. The lowest BCUT2D eigenvalue weighted by molar-refractivity contribution is 0.467. The van der Waals surface area contributed by atoms with Crippen LogP contribution in [-0.2, 0) is 0 Å². The van der Waals surface area contributed by atoms with Crippen LogP contribution in [0.4, 0.5) is 5.69 Å². The molecule has 0 atom stereocenters. The molecule has 0 saturated heterocycles. The van der Waals surface area contributed by atoms with Gasteiger partial charge in [-0.1, -0.05) is 25.2 Å². The molecule has 0 aliphatic heterocycles. The maximum atomic E-state index is 5.95. The van der Waals surface area contributed by atoms with Crippen molar-refractivity contribution in [2.45, 2.75) is 37.5 Å². The largest absolute Gasteiger partial charge is 0.389 e. The third-order valence-electron chi connectivity index (χ3n) is 4.54. The molecule has 0 bridgehead atoms. The Morgan fingerprint density at radius 2 is 2.20 bits per heavy atom. The molecular formula is C16H22N2S2. The number of nitrogens with two attached hydrogens (primary N) is 1. The molecule has 108 valence electrons. The molecule has 0 spiro atoms. The summed E-state index contributed by atoms with van der Waals surface area (Å²) in [6.07, 6.45) is 5.62. The first-order valence-electron chi connectivity index (χ1n) is 7.46. The fourth-order valence-electron chi connectivity index (χ4n) is 3.07. The number of hydrogen-bond acceptors (Lipinski definition) is 3. The Morgan fingerprint density at radius 3 is 2.75 bits per heavy atom. The van der Waals surface area contributed by atoms with Gasteiger partial charge >= 0.3 is 0 Å². The Labute approximate surface area is 130 Å². The van der Waals surface area contributed by atoms with Gasteiger partial charge in [0.25, 0.3) is 0 Å². The SMILES string of the molecule is CCSc1cccc(NCC2(C3CC3)CC2)c1C(N)=S. The molecule has 4 heteroatoms. The Bertz CT molecular complexity index is 519. The molecule has 1 aromatic carbocycles. The van der Waals surface area contributed by atoms with E-state index >= 15 is 0 Å². The molecule has 2 saturated carbocycles. The fourth-order valence-corrected chi connectivity index (χ4v) is 4.20. The Balaban J connectivity index is 1.77. The van der Waals surface area contributed by atoms with E-state index in [2.05, 4.69) is 30.4 Å². The first kappa shape index (κ1) is 14.2. The van der Waals surface area contributed by atoms with Gasteiger partial charge in [0, 0.05) is 22.7 Å². The lowest BCUT2D eigenvalue weighted by atomic mass is 10.0. The minimum Gasteiger partial charge on any atom is -0.389 e. The average molecular weight is 306 g/mol. The zero-order chi connectivity index (χ0) is 14.2. The van der Waals surface area contributed by atoms with Crippen LogP contribution in [0.1, 0.15) is 38.2 Å². The summed E-state index contributed by atoms with van der Waals surface area (Å²) in [5, 5.41) is 3.64. The Morgan fingerprint density at radius 1 is 1.45 bits per heavy atom. The molecule has 2 aliphatic rings. The lowest BCUT2D eigenvalue weighted by Gasteiger charge is -2.19. The van der Waals surface area contributed by atoms with Gasteiger partial charge in [0.15, 0.2) is 0 Å². The number of thioether (sulfide) groups is 1. The van der Waals surface area contributed by atoms with Gasteiger partial charge in [0.05, 0.1) is 0 Å². The van der Waals surface area contributed by atoms with Crippen molar-refractivity contribution in [2.24, 2.45) is 17.1 Å². The molecule has 2 fully saturated rings. The molecular weight excluding hydrogens is 284 g/mol. The number of thiocarbonyl (C=S) groups is 1. The predicted molar refractivity (Wildman–Crippen MR) is 91.6 cm³/mol. The van der Waals surface area contributed by atoms with Gasteiger partial charge in [-0.15, -0.1) is 11.8 Å². The first-order chi connectivity index (χ1) is 9.66. The van der Waals surface area contributed by atoms with Crippen LogP contribution in [0, 0.1) is 11.3 Å². The lowest BCUT2D eigenvalue weighted by Crippen LogP contribution is -2.20. The minimum atomic E-state index is 0.500. The summed E-state index contributed by atoms with van der Waals surface area (Å²) in [7, 11) is 0. The van der Waals surface area contributed by atoms with Crippen LogP contribution in [0.5, 0.6) is 0 Å². The van der Waals surface area contributed by atoms with E-state index in [1.807, 2.05) is 0 Å². The molecule has 0 aromatic heterocycles. The number of nitrogens with one attached hydrogen (secondary N) is 1. The Hall–Kier alpha value is -0.740. The molecule has 20 heavy (non-hydrogen) atoms. The van der Waals surface area contributed by atoms with E-state index in [1.54, 1.807) is 11.8 Å².